The van der Waals surface area contributed by atoms with Gasteiger partial charge in [-0.05, 0) is 64.2 Å². The Balaban J connectivity index is 2.14. The zero-order valence-corrected chi connectivity index (χ0v) is 53.5. The maximum atomic E-state index is 13.1. The molecular weight excluding hydrogens is 1020 g/mol. The molecule has 1 heterocycles. The highest BCUT2D eigenvalue weighted by molar-refractivity contribution is 5.76. The van der Waals surface area contributed by atoms with E-state index in [0.29, 0.717) is 6.42 Å². The first-order chi connectivity index (χ1) is 40.3. The van der Waals surface area contributed by atoms with Gasteiger partial charge in [0.25, 0.3) is 0 Å². The van der Waals surface area contributed by atoms with Crippen molar-refractivity contribution >= 4 is 5.91 Å². The fourth-order valence-electron chi connectivity index (χ4n) is 11.1. The lowest BCUT2D eigenvalue weighted by Gasteiger charge is -2.40. The maximum absolute atomic E-state index is 13.1. The minimum absolute atomic E-state index is 0.178. The molecule has 1 fully saturated rings. The van der Waals surface area contributed by atoms with Gasteiger partial charge in [-0.25, -0.2) is 0 Å². The van der Waals surface area contributed by atoms with Crippen molar-refractivity contribution in [3.63, 3.8) is 0 Å². The lowest BCUT2D eigenvalue weighted by Crippen LogP contribution is -2.60. The van der Waals surface area contributed by atoms with E-state index in [4.69, 9.17) is 9.47 Å². The van der Waals surface area contributed by atoms with Gasteiger partial charge in [0, 0.05) is 6.42 Å². The molecule has 1 saturated heterocycles. The molecule has 9 nitrogen and oxygen atoms in total. The highest BCUT2D eigenvalue weighted by Crippen LogP contribution is 2.23. The van der Waals surface area contributed by atoms with Crippen molar-refractivity contribution in [2.45, 2.75) is 371 Å². The van der Waals surface area contributed by atoms with E-state index in [1.165, 1.54) is 238 Å². The van der Waals surface area contributed by atoms with E-state index in [1.807, 2.05) is 6.08 Å². The molecule has 0 saturated carbocycles. The summed E-state index contributed by atoms with van der Waals surface area (Å²) in [7, 11) is 0. The predicted octanol–water partition coefficient (Wildman–Crippen LogP) is 19.1. The molecule has 9 heteroatoms. The fraction of sp³-hybridized carbons (Fsp3) is 0.822. The smallest absolute Gasteiger partial charge is 0.220 e. The number of carbonyl (C=O) groups is 1. The Labute approximate surface area is 506 Å². The lowest BCUT2D eigenvalue weighted by molar-refractivity contribution is -0.302. The Morgan fingerprint density at radius 1 is 0.427 bits per heavy atom. The van der Waals surface area contributed by atoms with Gasteiger partial charge in [-0.15, -0.1) is 0 Å². The molecular formula is C73H133NO8. The molecule has 1 rings (SSSR count). The first-order valence-corrected chi connectivity index (χ1v) is 35.2. The van der Waals surface area contributed by atoms with E-state index in [2.05, 4.69) is 79.9 Å². The molecule has 7 atom stereocenters. The Hall–Kier alpha value is -2.37. The zero-order chi connectivity index (χ0) is 59.3. The third kappa shape index (κ3) is 49.8. The van der Waals surface area contributed by atoms with Crippen molar-refractivity contribution in [1.82, 2.24) is 5.32 Å². The van der Waals surface area contributed by atoms with E-state index in [9.17, 15) is 30.3 Å². The Morgan fingerprint density at radius 2 is 0.756 bits per heavy atom. The van der Waals surface area contributed by atoms with Crippen molar-refractivity contribution in [3.05, 3.63) is 72.9 Å². The average Bonchev–Trinajstić information content (AvgIpc) is 3.53. The van der Waals surface area contributed by atoms with Gasteiger partial charge in [0.05, 0.1) is 25.4 Å². The number of unbranched alkanes of at least 4 members (excludes halogenated alkanes) is 41. The van der Waals surface area contributed by atoms with Crippen LogP contribution in [-0.2, 0) is 14.3 Å². The van der Waals surface area contributed by atoms with Crippen LogP contribution in [0.5, 0.6) is 0 Å². The third-order valence-corrected chi connectivity index (χ3v) is 16.5. The molecule has 0 bridgehead atoms. The number of allylic oxidation sites excluding steroid dienone is 11. The lowest BCUT2D eigenvalue weighted by atomic mass is 9.99. The number of amides is 1. The van der Waals surface area contributed by atoms with Gasteiger partial charge >= 0.3 is 0 Å². The molecule has 0 aromatic rings. The van der Waals surface area contributed by atoms with Crippen molar-refractivity contribution in [1.29, 1.82) is 0 Å². The molecule has 0 aromatic carbocycles. The van der Waals surface area contributed by atoms with Crippen LogP contribution in [0, 0.1) is 0 Å². The molecule has 1 amide bonds. The van der Waals surface area contributed by atoms with Crippen LogP contribution in [-0.4, -0.2) is 87.5 Å². The number of aliphatic hydroxyl groups is 5. The summed E-state index contributed by atoms with van der Waals surface area (Å²) in [6, 6.07) is -0.812. The normalized spacial score (nSPS) is 18.7. The Morgan fingerprint density at radius 3 is 1.12 bits per heavy atom. The second kappa shape index (κ2) is 61.7. The van der Waals surface area contributed by atoms with Crippen molar-refractivity contribution in [2.75, 3.05) is 13.2 Å². The van der Waals surface area contributed by atoms with Gasteiger partial charge in [-0.2, -0.15) is 0 Å². The van der Waals surface area contributed by atoms with Crippen LogP contribution in [0.1, 0.15) is 328 Å². The van der Waals surface area contributed by atoms with Gasteiger partial charge in [0.15, 0.2) is 6.29 Å². The molecule has 6 N–H and O–H groups in total. The first-order valence-electron chi connectivity index (χ1n) is 35.2. The predicted molar refractivity (Wildman–Crippen MR) is 350 cm³/mol. The Bertz CT molecular complexity index is 1520. The number of ether oxygens (including phenoxy) is 2. The molecule has 1 aliphatic heterocycles. The number of carbonyl (C=O) groups excluding carboxylic acids is 1. The van der Waals surface area contributed by atoms with E-state index in [1.54, 1.807) is 6.08 Å². The molecule has 478 valence electrons. The van der Waals surface area contributed by atoms with E-state index >= 15 is 0 Å². The fourth-order valence-corrected chi connectivity index (χ4v) is 11.1. The second-order valence-corrected chi connectivity index (χ2v) is 24.3. The number of hydrogen-bond donors (Lipinski definition) is 6. The number of rotatable bonds is 61. The summed E-state index contributed by atoms with van der Waals surface area (Å²) in [5.41, 5.74) is 0. The van der Waals surface area contributed by atoms with Crippen LogP contribution < -0.4 is 5.32 Å². The molecule has 0 spiro atoms. The standard InChI is InChI=1S/C73H133NO8/c1-3-5-7-9-11-13-15-17-19-21-23-25-27-29-31-32-33-34-35-37-38-40-42-44-46-48-50-52-54-56-58-60-62-67(76)66(65-81-73-72(80)71(79)70(78)68(64-75)82-73)74-69(77)63-61-59-57-55-53-51-49-47-45-43-41-39-36-30-28-26-24-22-20-18-16-14-12-10-8-6-4-2/h6,8,12,14,18,20,24,26,30,36,60,62,66-68,70-73,75-76,78-80H,3-5,7,9-11,13,15-17,19,21-23,25,27-29,31-35,37-59,61,63-65H2,1-2H3,(H,74,77)/b8-6-,14-12-,20-18-,26-24-,36-30-,62-60+. The van der Waals surface area contributed by atoms with E-state index in [-0.39, 0.29) is 12.5 Å². The van der Waals surface area contributed by atoms with Crippen molar-refractivity contribution in [3.8, 4) is 0 Å². The summed E-state index contributed by atoms with van der Waals surface area (Å²) >= 11 is 0. The van der Waals surface area contributed by atoms with Crippen LogP contribution in [0.4, 0.5) is 0 Å². The molecule has 1 aliphatic rings. The summed E-state index contributed by atoms with van der Waals surface area (Å²) in [6.07, 6.45) is 80.1. The zero-order valence-electron chi connectivity index (χ0n) is 53.5. The van der Waals surface area contributed by atoms with Crippen LogP contribution in [0.15, 0.2) is 72.9 Å². The van der Waals surface area contributed by atoms with Gasteiger partial charge in [0.1, 0.15) is 24.4 Å². The second-order valence-electron chi connectivity index (χ2n) is 24.3. The molecule has 0 radical (unpaired) electrons. The van der Waals surface area contributed by atoms with E-state index < -0.39 is 49.5 Å². The summed E-state index contributed by atoms with van der Waals surface area (Å²) in [5, 5.41) is 54.8. The SMILES string of the molecule is CC/C=C\C/C=C\C/C=C\C/C=C\C/C=C\CCCCCCCCCCCCCC(=O)NC(COC1OC(CO)C(O)C(O)C1O)C(O)/C=C/CCCCCCCCCCCCCCCCCCCCCCCCCCCCCCCC. The number of nitrogens with one attached hydrogen (secondary N) is 1. The van der Waals surface area contributed by atoms with Crippen LogP contribution in [0.3, 0.4) is 0 Å². The maximum Gasteiger partial charge on any atom is 0.220 e. The summed E-state index contributed by atoms with van der Waals surface area (Å²) < 4.78 is 11.3. The van der Waals surface area contributed by atoms with Crippen LogP contribution >= 0.6 is 0 Å². The van der Waals surface area contributed by atoms with Crippen molar-refractivity contribution in [2.24, 2.45) is 0 Å². The first kappa shape index (κ1) is 77.6. The summed E-state index contributed by atoms with van der Waals surface area (Å²) in [5.74, 6) is -0.178. The third-order valence-electron chi connectivity index (χ3n) is 16.5. The monoisotopic (exact) mass is 1150 g/mol. The molecule has 82 heavy (non-hydrogen) atoms. The van der Waals surface area contributed by atoms with Crippen molar-refractivity contribution < 1.29 is 39.8 Å². The molecule has 7 unspecified atom stereocenters. The van der Waals surface area contributed by atoms with Crippen LogP contribution in [0.2, 0.25) is 0 Å². The van der Waals surface area contributed by atoms with Gasteiger partial charge in [-0.3, -0.25) is 4.79 Å². The van der Waals surface area contributed by atoms with Gasteiger partial charge < -0.3 is 40.3 Å². The topological polar surface area (TPSA) is 149 Å². The number of aliphatic hydroxyl groups excluding tert-OH is 5. The van der Waals surface area contributed by atoms with Crippen LogP contribution in [0.25, 0.3) is 0 Å². The largest absolute Gasteiger partial charge is 0.394 e. The number of hydrogen-bond acceptors (Lipinski definition) is 8. The summed E-state index contributed by atoms with van der Waals surface area (Å²) in [4.78, 5) is 13.1. The van der Waals surface area contributed by atoms with Gasteiger partial charge in [0.2, 0.25) is 5.91 Å². The van der Waals surface area contributed by atoms with E-state index in [0.717, 1.165) is 70.6 Å². The molecule has 0 aliphatic carbocycles. The average molecular weight is 1150 g/mol. The quantitative estimate of drug-likeness (QED) is 0.0261. The highest BCUT2D eigenvalue weighted by Gasteiger charge is 2.44. The van der Waals surface area contributed by atoms with Gasteiger partial charge in [-0.1, -0.05) is 331 Å². The molecule has 0 aromatic heterocycles. The minimum Gasteiger partial charge on any atom is -0.394 e. The highest BCUT2D eigenvalue weighted by atomic mass is 16.7. The minimum atomic E-state index is -1.57. The Kier molecular flexibility index (Phi) is 58.4. The summed E-state index contributed by atoms with van der Waals surface area (Å²) in [6.45, 7) is 3.70.